The fraction of sp³-hybridized carbons (Fsp3) is 0.323. The summed E-state index contributed by atoms with van der Waals surface area (Å²) in [6.45, 7) is -0.318. The van der Waals surface area contributed by atoms with Gasteiger partial charge in [0, 0.05) is 30.4 Å². The van der Waals surface area contributed by atoms with Gasteiger partial charge in [0.25, 0.3) is 0 Å². The molecule has 1 fully saturated rings. The van der Waals surface area contributed by atoms with Crippen LogP contribution >= 0.6 is 0 Å². The summed E-state index contributed by atoms with van der Waals surface area (Å²) in [6, 6.07) is 16.5. The standard InChI is InChI=1S/C31H34FN3O9S.Na/c1-44-23-10-11-24(27(37)16-23)30-25(12-13-26(36)20-4-6-21(32)7-5-20)31(40)35(30)22-8-2-19(3-9-22)18-34-29(39)17-28(38)33-14-15-45(41,42)43;/h2-11,16,25-26,30,36-37H,12-15,17-18H2,1H3,(H,33,38)(H,34,39)(H,41,42,43);/q;+1/p-1/t25-,26+,30-;/m1./s1. The molecule has 0 unspecified atom stereocenters. The molecule has 0 saturated carbocycles. The molecule has 1 heterocycles. The molecule has 0 bridgehead atoms. The first kappa shape index (κ1) is 36.9. The van der Waals surface area contributed by atoms with Crippen LogP contribution in [0.25, 0.3) is 0 Å². The number of carbonyl (C=O) groups excluding carboxylic acids is 3. The first-order valence-corrected chi connectivity index (χ1v) is 15.6. The number of aromatic hydroxyl groups is 1. The molecule has 0 aliphatic carbocycles. The summed E-state index contributed by atoms with van der Waals surface area (Å²) in [5.74, 6) is -2.91. The van der Waals surface area contributed by atoms with E-state index in [-0.39, 0.29) is 60.7 Å². The van der Waals surface area contributed by atoms with Gasteiger partial charge in [-0.05, 0) is 60.4 Å². The van der Waals surface area contributed by atoms with Crippen LogP contribution in [0.1, 0.15) is 48.1 Å². The van der Waals surface area contributed by atoms with Crippen LogP contribution in [0, 0.1) is 11.7 Å². The summed E-state index contributed by atoms with van der Waals surface area (Å²) in [6.07, 6.45) is -0.928. The molecule has 3 amide bonds. The number of phenolic OH excluding ortho intramolecular Hbond substituents is 1. The number of benzene rings is 3. The average molecular weight is 666 g/mol. The minimum atomic E-state index is -4.48. The number of halogens is 1. The maximum atomic E-state index is 13.4. The number of rotatable bonds is 14. The number of nitrogens with zero attached hydrogens (tertiary/aromatic N) is 1. The Morgan fingerprint density at radius 2 is 1.70 bits per heavy atom. The van der Waals surface area contributed by atoms with E-state index in [0.717, 1.165) is 0 Å². The van der Waals surface area contributed by atoms with Gasteiger partial charge in [0.05, 0.1) is 41.0 Å². The van der Waals surface area contributed by atoms with Crippen LogP contribution in [0.15, 0.2) is 66.7 Å². The van der Waals surface area contributed by atoms with Gasteiger partial charge < -0.3 is 35.0 Å². The number of amides is 3. The fourth-order valence-electron chi connectivity index (χ4n) is 5.12. The second-order valence-corrected chi connectivity index (χ2v) is 12.1. The molecule has 0 spiro atoms. The van der Waals surface area contributed by atoms with E-state index in [1.165, 1.54) is 37.4 Å². The van der Waals surface area contributed by atoms with Crippen LogP contribution in [-0.2, 0) is 31.0 Å². The monoisotopic (exact) mass is 665 g/mol. The Morgan fingerprint density at radius 3 is 2.30 bits per heavy atom. The van der Waals surface area contributed by atoms with Crippen LogP contribution in [0.3, 0.4) is 0 Å². The number of hydrogen-bond donors (Lipinski definition) is 4. The van der Waals surface area contributed by atoms with Crippen LogP contribution in [0.2, 0.25) is 0 Å². The molecule has 0 radical (unpaired) electrons. The van der Waals surface area contributed by atoms with Gasteiger partial charge in [-0.2, -0.15) is 0 Å². The van der Waals surface area contributed by atoms with Crippen LogP contribution in [0.5, 0.6) is 11.5 Å². The maximum Gasteiger partial charge on any atom is 1.00 e. The number of carbonyl (C=O) groups is 3. The summed E-state index contributed by atoms with van der Waals surface area (Å²) in [4.78, 5) is 38.9. The zero-order chi connectivity index (χ0) is 32.7. The normalized spacial score (nSPS) is 16.5. The molecule has 15 heteroatoms. The molecule has 4 rings (SSSR count). The van der Waals surface area contributed by atoms with Gasteiger partial charge in [-0.15, -0.1) is 0 Å². The molecule has 12 nitrogen and oxygen atoms in total. The van der Waals surface area contributed by atoms with Crippen molar-refractivity contribution in [3.05, 3.63) is 89.2 Å². The Hall–Kier alpha value is -3.53. The zero-order valence-corrected chi connectivity index (χ0v) is 28.1. The smallest absolute Gasteiger partial charge is 0.748 e. The minimum absolute atomic E-state index is 0. The van der Waals surface area contributed by atoms with E-state index < -0.39 is 58.0 Å². The fourth-order valence-corrected chi connectivity index (χ4v) is 5.48. The number of phenols is 1. The molecule has 3 aromatic rings. The third-order valence-electron chi connectivity index (χ3n) is 7.48. The van der Waals surface area contributed by atoms with E-state index in [1.54, 1.807) is 41.3 Å². The number of hydrogen-bond acceptors (Lipinski definition) is 9. The molecule has 4 N–H and O–H groups in total. The molecule has 1 aliphatic heterocycles. The summed E-state index contributed by atoms with van der Waals surface area (Å²) >= 11 is 0. The SMILES string of the molecule is COc1ccc([C@@H]2[C@@H](CC[C@H](O)c3ccc(F)cc3)C(=O)N2c2ccc(CNC(=O)CC(=O)NCCS(=O)(=O)[O-])cc2)c(O)c1.[Na+]. The predicted octanol–water partition coefficient (Wildman–Crippen LogP) is -0.570. The van der Waals surface area contributed by atoms with Crippen molar-refractivity contribution in [1.29, 1.82) is 0 Å². The van der Waals surface area contributed by atoms with Gasteiger partial charge in [0.2, 0.25) is 17.7 Å². The van der Waals surface area contributed by atoms with Crippen molar-refractivity contribution >= 4 is 33.5 Å². The molecule has 0 aromatic heterocycles. The van der Waals surface area contributed by atoms with Gasteiger partial charge in [0.1, 0.15) is 23.7 Å². The molecule has 3 atom stereocenters. The van der Waals surface area contributed by atoms with Crippen molar-refractivity contribution in [2.75, 3.05) is 24.3 Å². The Labute approximate surface area is 288 Å². The second-order valence-electron chi connectivity index (χ2n) is 10.6. The van der Waals surface area contributed by atoms with Gasteiger partial charge in [0.15, 0.2) is 0 Å². The molecule has 1 saturated heterocycles. The largest absolute Gasteiger partial charge is 1.00 e. The Morgan fingerprint density at radius 1 is 1.04 bits per heavy atom. The topological polar surface area (TPSA) is 185 Å². The predicted molar refractivity (Wildman–Crippen MR) is 159 cm³/mol. The maximum absolute atomic E-state index is 13.4. The molecule has 240 valence electrons. The number of methoxy groups -OCH3 is 1. The third kappa shape index (κ3) is 9.74. The number of β-lactam (4-membered cyclic amide) rings is 1. The number of anilines is 1. The van der Waals surface area contributed by atoms with Crippen molar-refractivity contribution in [3.8, 4) is 11.5 Å². The van der Waals surface area contributed by atoms with Crippen LogP contribution < -0.4 is 49.8 Å². The van der Waals surface area contributed by atoms with E-state index in [9.17, 15) is 42.0 Å². The Kier molecular flexibility index (Phi) is 13.1. The molecular weight excluding hydrogens is 632 g/mol. The zero-order valence-electron chi connectivity index (χ0n) is 25.3. The van der Waals surface area contributed by atoms with E-state index in [0.29, 0.717) is 34.5 Å². The number of ether oxygens (including phenoxy) is 1. The molecule has 3 aromatic carbocycles. The summed E-state index contributed by atoms with van der Waals surface area (Å²) in [7, 11) is -3.01. The van der Waals surface area contributed by atoms with E-state index in [4.69, 9.17) is 4.74 Å². The first-order chi connectivity index (χ1) is 21.4. The van der Waals surface area contributed by atoms with Gasteiger partial charge in [-0.25, -0.2) is 12.8 Å². The molecule has 1 aliphatic rings. The van der Waals surface area contributed by atoms with Crippen molar-refractivity contribution in [1.82, 2.24) is 10.6 Å². The minimum Gasteiger partial charge on any atom is -0.748 e. The van der Waals surface area contributed by atoms with Crippen molar-refractivity contribution in [3.63, 3.8) is 0 Å². The second kappa shape index (κ2) is 16.3. The summed E-state index contributed by atoms with van der Waals surface area (Å²) < 4.78 is 50.3. The summed E-state index contributed by atoms with van der Waals surface area (Å²) in [5.41, 5.74) is 2.24. The average Bonchev–Trinajstić information content (AvgIpc) is 2.99. The Balaban J connectivity index is 0.00000576. The first-order valence-electron chi connectivity index (χ1n) is 14.1. The van der Waals surface area contributed by atoms with E-state index in [1.807, 2.05) is 0 Å². The molecule has 46 heavy (non-hydrogen) atoms. The van der Waals surface area contributed by atoms with E-state index >= 15 is 0 Å². The van der Waals surface area contributed by atoms with Gasteiger partial charge in [-0.1, -0.05) is 24.3 Å². The Bertz CT molecular complexity index is 1640. The molecular formula is C31H33FN3NaO9S. The van der Waals surface area contributed by atoms with Gasteiger partial charge >= 0.3 is 29.6 Å². The summed E-state index contributed by atoms with van der Waals surface area (Å²) in [5, 5.41) is 26.2. The third-order valence-corrected chi connectivity index (χ3v) is 8.18. The quantitative estimate of drug-likeness (QED) is 0.0758. The van der Waals surface area contributed by atoms with Crippen LogP contribution in [0.4, 0.5) is 10.1 Å². The van der Waals surface area contributed by atoms with Gasteiger partial charge in [-0.3, -0.25) is 14.4 Å². The van der Waals surface area contributed by atoms with E-state index in [2.05, 4.69) is 10.6 Å². The number of aliphatic hydroxyl groups is 1. The number of aliphatic hydroxyl groups excluding tert-OH is 1. The number of nitrogens with one attached hydrogen (secondary N) is 2. The van der Waals surface area contributed by atoms with Crippen molar-refractivity contribution < 1.29 is 76.3 Å². The van der Waals surface area contributed by atoms with Crippen LogP contribution in [-0.4, -0.2) is 60.3 Å². The van der Waals surface area contributed by atoms with Crippen molar-refractivity contribution in [2.24, 2.45) is 5.92 Å². The van der Waals surface area contributed by atoms with Crippen molar-refractivity contribution in [2.45, 2.75) is 38.0 Å².